The Morgan fingerprint density at radius 3 is 2.62 bits per heavy atom. The first kappa shape index (κ1) is 9.88. The molecule has 0 aliphatic carbocycles. The highest BCUT2D eigenvalue weighted by Crippen LogP contribution is 2.13. The van der Waals surface area contributed by atoms with E-state index in [0.29, 0.717) is 0 Å². The Labute approximate surface area is 73.2 Å². The molecule has 1 heterocycles. The molecule has 0 saturated carbocycles. The van der Waals surface area contributed by atoms with Crippen molar-refractivity contribution in [2.45, 2.75) is 0 Å². The lowest BCUT2D eigenvalue weighted by Crippen LogP contribution is -2.59. The zero-order valence-corrected chi connectivity index (χ0v) is 7.18. The zero-order valence-electron chi connectivity index (χ0n) is 6.36. The Hall–Kier alpha value is -1.20. The Balaban J connectivity index is 2.88. The van der Waals surface area contributed by atoms with Gasteiger partial charge >= 0.3 is 0 Å². The highest BCUT2D eigenvalue weighted by atomic mass is 32.3. The first-order valence-corrected chi connectivity index (χ1v) is 4.86. The Morgan fingerprint density at radius 2 is 2.15 bits per heavy atom. The van der Waals surface area contributed by atoms with E-state index in [1.165, 1.54) is 12.3 Å². The summed E-state index contributed by atoms with van der Waals surface area (Å²) >= 11 is 0. The summed E-state index contributed by atoms with van der Waals surface area (Å²) in [5, 5.41) is 19.8. The van der Waals surface area contributed by atoms with E-state index in [-0.39, 0.29) is 5.88 Å². The van der Waals surface area contributed by atoms with E-state index in [1.807, 2.05) is 0 Å². The Bertz CT molecular complexity index is 347. The van der Waals surface area contributed by atoms with Gasteiger partial charge in [0.1, 0.15) is 0 Å². The van der Waals surface area contributed by atoms with E-state index in [9.17, 15) is 4.21 Å². The number of hydrogen-bond donors (Lipinski definition) is 3. The lowest BCUT2D eigenvalue weighted by molar-refractivity contribution is 0.278. The first-order valence-electron chi connectivity index (χ1n) is 2.92. The van der Waals surface area contributed by atoms with Gasteiger partial charge in [0.15, 0.2) is 0 Å². The normalized spacial score (nSPS) is 14.5. The summed E-state index contributed by atoms with van der Waals surface area (Å²) in [6, 6.07) is 1.24. The van der Waals surface area contributed by atoms with Gasteiger partial charge in [0, 0.05) is 6.07 Å². The van der Waals surface area contributed by atoms with E-state index >= 15 is 0 Å². The van der Waals surface area contributed by atoms with Crippen molar-refractivity contribution >= 4 is 10.00 Å². The quantitative estimate of drug-likeness (QED) is 0.465. The molecule has 74 valence electrons. The highest BCUT2D eigenvalue weighted by Gasteiger charge is 2.28. The molecule has 1 rings (SSSR count). The third-order valence-corrected chi connectivity index (χ3v) is 1.80. The number of hydrogen-bond acceptors (Lipinski definition) is 7. The van der Waals surface area contributed by atoms with Crippen LogP contribution in [0.2, 0.25) is 0 Å². The van der Waals surface area contributed by atoms with Gasteiger partial charge in [0.25, 0.3) is 15.9 Å². The molecule has 9 nitrogen and oxygen atoms in total. The molecule has 0 atom stereocenters. The van der Waals surface area contributed by atoms with Gasteiger partial charge in [0.05, 0.1) is 6.20 Å². The summed E-state index contributed by atoms with van der Waals surface area (Å²) in [7, 11) is -4.74. The summed E-state index contributed by atoms with van der Waals surface area (Å²) in [4.78, 5) is 0. The molecule has 6 N–H and O–H groups in total. The second-order valence-corrected chi connectivity index (χ2v) is 4.25. The standard InChI is InChI=1S/C3H8N6O3S/c4-12-13(5,6,10)11-3-1-2-7-9-8-3/h1-2H,4H2,(H4,5,6,10). The maximum absolute atomic E-state index is 11.2. The molecule has 1 aromatic rings. The van der Waals surface area contributed by atoms with Crippen LogP contribution in [0.5, 0.6) is 5.88 Å². The topological polar surface area (TPSA) is 152 Å². The molecule has 0 spiro atoms. The molecule has 0 aromatic carbocycles. The fraction of sp³-hybridized carbons (Fsp3) is 0. The van der Waals surface area contributed by atoms with Crippen LogP contribution in [0.4, 0.5) is 0 Å². The van der Waals surface area contributed by atoms with Crippen LogP contribution in [-0.2, 0) is 14.3 Å². The van der Waals surface area contributed by atoms with Crippen molar-refractivity contribution < 1.29 is 12.7 Å². The number of rotatable bonds is 3. The van der Waals surface area contributed by atoms with Crippen molar-refractivity contribution in [1.82, 2.24) is 15.4 Å². The SMILES string of the molecule is NOS(N)(N)(=O)Oc1ccnnn1. The van der Waals surface area contributed by atoms with Gasteiger partial charge in [-0.3, -0.25) is 0 Å². The molecule has 0 unspecified atom stereocenters. The van der Waals surface area contributed by atoms with Crippen LogP contribution in [0.25, 0.3) is 0 Å². The molecule has 13 heavy (non-hydrogen) atoms. The fourth-order valence-corrected chi connectivity index (χ4v) is 0.927. The molecule has 1 aromatic heterocycles. The van der Waals surface area contributed by atoms with E-state index in [2.05, 4.69) is 29.8 Å². The van der Waals surface area contributed by atoms with Crippen molar-refractivity contribution in [1.29, 1.82) is 0 Å². The molecule has 0 aliphatic rings. The molecule has 0 radical (unpaired) electrons. The van der Waals surface area contributed by atoms with Crippen LogP contribution < -0.4 is 20.4 Å². The van der Waals surface area contributed by atoms with Crippen molar-refractivity contribution in [3.8, 4) is 5.88 Å². The van der Waals surface area contributed by atoms with Gasteiger partial charge in [-0.1, -0.05) is 5.10 Å². The summed E-state index contributed by atoms with van der Waals surface area (Å²) in [5.41, 5.74) is 0. The predicted octanol–water partition coefficient (Wildman–Crippen LogP) is -2.46. The molecular weight excluding hydrogens is 200 g/mol. The lowest BCUT2D eigenvalue weighted by atomic mass is 10.7. The molecule has 0 aliphatic heterocycles. The smallest absolute Gasteiger partial charge is 0.256 e. The third kappa shape index (κ3) is 2.96. The molecule has 10 heteroatoms. The summed E-state index contributed by atoms with van der Waals surface area (Å²) < 4.78 is 19.5. The van der Waals surface area contributed by atoms with Gasteiger partial charge in [-0.25, -0.2) is 10.3 Å². The lowest BCUT2D eigenvalue weighted by Gasteiger charge is -2.29. The molecule has 0 bridgehead atoms. The van der Waals surface area contributed by atoms with E-state index < -0.39 is 10.00 Å². The summed E-state index contributed by atoms with van der Waals surface area (Å²) in [5.74, 6) is 4.38. The third-order valence-electron chi connectivity index (χ3n) is 0.918. The van der Waals surface area contributed by atoms with Crippen LogP contribution >= 0.6 is 0 Å². The molecule has 0 fully saturated rings. The number of nitrogens with two attached hydrogens (primary N) is 3. The molecular formula is C3H8N6O3S. The van der Waals surface area contributed by atoms with Gasteiger partial charge in [-0.2, -0.15) is 14.4 Å². The summed E-state index contributed by atoms with van der Waals surface area (Å²) in [6.07, 6.45) is 1.24. The molecule has 0 amide bonds. The number of nitrogens with zero attached hydrogens (tertiary/aromatic N) is 3. The zero-order chi connectivity index (χ0) is 9.97. The summed E-state index contributed by atoms with van der Waals surface area (Å²) in [6.45, 7) is 0. The van der Waals surface area contributed by atoms with Crippen LogP contribution in [0.3, 0.4) is 0 Å². The van der Waals surface area contributed by atoms with Crippen LogP contribution in [0.15, 0.2) is 12.3 Å². The van der Waals surface area contributed by atoms with E-state index in [1.54, 1.807) is 0 Å². The fourth-order valence-electron chi connectivity index (χ4n) is 0.463. The minimum absolute atomic E-state index is 0.206. The maximum Gasteiger partial charge on any atom is 0.256 e. The second kappa shape index (κ2) is 2.93. The highest BCUT2D eigenvalue weighted by molar-refractivity contribution is 8.08. The average Bonchev–Trinajstić information content (AvgIpc) is 2.05. The van der Waals surface area contributed by atoms with Crippen LogP contribution in [0, 0.1) is 0 Å². The number of aromatic nitrogens is 3. The van der Waals surface area contributed by atoms with Crippen LogP contribution in [0.1, 0.15) is 0 Å². The van der Waals surface area contributed by atoms with Crippen molar-refractivity contribution in [3.63, 3.8) is 0 Å². The minimum Gasteiger partial charge on any atom is -0.359 e. The van der Waals surface area contributed by atoms with Gasteiger partial charge < -0.3 is 4.18 Å². The van der Waals surface area contributed by atoms with Gasteiger partial charge in [0.2, 0.25) is 0 Å². The van der Waals surface area contributed by atoms with Crippen molar-refractivity contribution in [3.05, 3.63) is 12.3 Å². The van der Waals surface area contributed by atoms with Crippen molar-refractivity contribution in [2.75, 3.05) is 0 Å². The van der Waals surface area contributed by atoms with Crippen LogP contribution in [-0.4, -0.2) is 19.6 Å². The largest absolute Gasteiger partial charge is 0.359 e. The van der Waals surface area contributed by atoms with Crippen molar-refractivity contribution in [2.24, 2.45) is 16.2 Å². The predicted molar refractivity (Wildman–Crippen MR) is 42.2 cm³/mol. The van der Waals surface area contributed by atoms with E-state index in [0.717, 1.165) is 0 Å². The Kier molecular flexibility index (Phi) is 2.23. The van der Waals surface area contributed by atoms with E-state index in [4.69, 9.17) is 10.3 Å². The van der Waals surface area contributed by atoms with Gasteiger partial charge in [-0.15, -0.1) is 5.10 Å². The van der Waals surface area contributed by atoms with Gasteiger partial charge in [-0.05, 0) is 5.21 Å². The Morgan fingerprint density at radius 1 is 1.46 bits per heavy atom. The average molecular weight is 208 g/mol. The first-order chi connectivity index (χ1) is 5.91. The monoisotopic (exact) mass is 208 g/mol. The second-order valence-electron chi connectivity index (χ2n) is 2.06. The molecule has 0 saturated heterocycles. The maximum atomic E-state index is 11.2. The minimum atomic E-state index is -4.74.